The average Bonchev–Trinajstić information content (AvgIpc) is 2.02. The first-order chi connectivity index (χ1) is 6.38. The molecule has 1 aliphatic heterocycles. The van der Waals surface area contributed by atoms with Gasteiger partial charge in [0.2, 0.25) is 0 Å². The summed E-state index contributed by atoms with van der Waals surface area (Å²) < 4.78 is 5.31. The molecule has 3 nitrogen and oxygen atoms in total. The second-order valence-corrected chi connectivity index (χ2v) is 5.18. The highest BCUT2D eigenvalue weighted by atomic mass is 16.6. The molecule has 0 spiro atoms. The van der Waals surface area contributed by atoms with Crippen molar-refractivity contribution in [3.05, 3.63) is 0 Å². The molecule has 82 valence electrons. The maximum Gasteiger partial charge on any atom is 0.323 e. The van der Waals surface area contributed by atoms with Gasteiger partial charge in [-0.1, -0.05) is 6.92 Å². The molecule has 1 saturated heterocycles. The van der Waals surface area contributed by atoms with Gasteiger partial charge in [-0.3, -0.25) is 4.79 Å². The van der Waals surface area contributed by atoms with Crippen LogP contribution in [0.2, 0.25) is 0 Å². The highest BCUT2D eigenvalue weighted by molar-refractivity contribution is 5.76. The summed E-state index contributed by atoms with van der Waals surface area (Å²) in [4.78, 5) is 11.6. The van der Waals surface area contributed by atoms with E-state index in [4.69, 9.17) is 4.74 Å². The maximum atomic E-state index is 11.6. The van der Waals surface area contributed by atoms with Crippen LogP contribution < -0.4 is 5.32 Å². The molecule has 0 radical (unpaired) electrons. The Labute approximate surface area is 86.2 Å². The van der Waals surface area contributed by atoms with Crippen LogP contribution in [-0.2, 0) is 9.53 Å². The van der Waals surface area contributed by atoms with E-state index in [9.17, 15) is 4.79 Å². The van der Waals surface area contributed by atoms with Crippen molar-refractivity contribution >= 4 is 5.97 Å². The number of piperidine rings is 1. The van der Waals surface area contributed by atoms with E-state index in [0.717, 1.165) is 19.4 Å². The SMILES string of the molecule is C[C@H]1CC[C@@H](C(=O)OC(C)(C)C)NC1. The zero-order valence-corrected chi connectivity index (χ0v) is 9.59. The fourth-order valence-electron chi connectivity index (χ4n) is 1.57. The number of nitrogens with one attached hydrogen (secondary N) is 1. The number of hydrogen-bond donors (Lipinski definition) is 1. The molecular weight excluding hydrogens is 178 g/mol. The van der Waals surface area contributed by atoms with E-state index in [1.54, 1.807) is 0 Å². The van der Waals surface area contributed by atoms with Crippen molar-refractivity contribution in [3.63, 3.8) is 0 Å². The second-order valence-electron chi connectivity index (χ2n) is 5.18. The topological polar surface area (TPSA) is 38.3 Å². The number of rotatable bonds is 1. The van der Waals surface area contributed by atoms with E-state index in [1.165, 1.54) is 0 Å². The van der Waals surface area contributed by atoms with E-state index < -0.39 is 0 Å². The summed E-state index contributed by atoms with van der Waals surface area (Å²) in [6.45, 7) is 8.81. The van der Waals surface area contributed by atoms with Gasteiger partial charge in [0.1, 0.15) is 11.6 Å². The molecule has 1 fully saturated rings. The summed E-state index contributed by atoms with van der Waals surface area (Å²) in [7, 11) is 0. The molecule has 1 aliphatic rings. The van der Waals surface area contributed by atoms with Crippen LogP contribution in [0.4, 0.5) is 0 Å². The van der Waals surface area contributed by atoms with Gasteiger partial charge in [-0.15, -0.1) is 0 Å². The van der Waals surface area contributed by atoms with Crippen molar-refractivity contribution in [1.82, 2.24) is 5.32 Å². The lowest BCUT2D eigenvalue weighted by molar-refractivity contribution is -0.158. The van der Waals surface area contributed by atoms with E-state index in [2.05, 4.69) is 12.2 Å². The Balaban J connectivity index is 2.38. The van der Waals surface area contributed by atoms with Crippen molar-refractivity contribution in [2.24, 2.45) is 5.92 Å². The van der Waals surface area contributed by atoms with Crippen LogP contribution in [0.25, 0.3) is 0 Å². The maximum absolute atomic E-state index is 11.6. The van der Waals surface area contributed by atoms with Crippen molar-refractivity contribution in [3.8, 4) is 0 Å². The first kappa shape index (κ1) is 11.5. The third kappa shape index (κ3) is 3.66. The fourth-order valence-corrected chi connectivity index (χ4v) is 1.57. The summed E-state index contributed by atoms with van der Waals surface area (Å²) in [5.41, 5.74) is -0.373. The van der Waals surface area contributed by atoms with E-state index >= 15 is 0 Å². The first-order valence-corrected chi connectivity index (χ1v) is 5.35. The smallest absolute Gasteiger partial charge is 0.323 e. The van der Waals surface area contributed by atoms with Gasteiger partial charge in [0.25, 0.3) is 0 Å². The third-order valence-corrected chi connectivity index (χ3v) is 2.35. The Bertz CT molecular complexity index is 200. The summed E-state index contributed by atoms with van der Waals surface area (Å²) in [5.74, 6) is 0.568. The van der Waals surface area contributed by atoms with Crippen molar-refractivity contribution in [2.45, 2.75) is 52.2 Å². The van der Waals surface area contributed by atoms with Crippen molar-refractivity contribution < 1.29 is 9.53 Å². The molecule has 0 aromatic heterocycles. The Morgan fingerprint density at radius 1 is 1.36 bits per heavy atom. The van der Waals surface area contributed by atoms with E-state index in [1.807, 2.05) is 20.8 Å². The lowest BCUT2D eigenvalue weighted by atomic mass is 9.96. The minimum absolute atomic E-state index is 0.0922. The van der Waals surface area contributed by atoms with Gasteiger partial charge in [0.05, 0.1) is 0 Å². The highest BCUT2D eigenvalue weighted by Gasteiger charge is 2.27. The van der Waals surface area contributed by atoms with Crippen LogP contribution in [-0.4, -0.2) is 24.2 Å². The van der Waals surface area contributed by atoms with Crippen LogP contribution in [0, 0.1) is 5.92 Å². The van der Waals surface area contributed by atoms with E-state index in [-0.39, 0.29) is 17.6 Å². The zero-order chi connectivity index (χ0) is 10.8. The summed E-state index contributed by atoms with van der Waals surface area (Å²) in [6, 6.07) is -0.0922. The zero-order valence-electron chi connectivity index (χ0n) is 9.59. The van der Waals surface area contributed by atoms with Gasteiger partial charge in [-0.25, -0.2) is 0 Å². The fraction of sp³-hybridized carbons (Fsp3) is 0.909. The molecule has 0 amide bonds. The van der Waals surface area contributed by atoms with Gasteiger partial charge in [0.15, 0.2) is 0 Å². The Hall–Kier alpha value is -0.570. The van der Waals surface area contributed by atoms with Crippen molar-refractivity contribution in [2.75, 3.05) is 6.54 Å². The Kier molecular flexibility index (Phi) is 3.53. The normalized spacial score (nSPS) is 28.6. The molecular formula is C11H21NO2. The van der Waals surface area contributed by atoms with Crippen LogP contribution >= 0.6 is 0 Å². The number of ether oxygens (including phenoxy) is 1. The predicted molar refractivity (Wildman–Crippen MR) is 56.0 cm³/mol. The van der Waals surface area contributed by atoms with Crippen LogP contribution in [0.3, 0.4) is 0 Å². The Morgan fingerprint density at radius 3 is 2.43 bits per heavy atom. The first-order valence-electron chi connectivity index (χ1n) is 5.35. The molecule has 0 unspecified atom stereocenters. The minimum Gasteiger partial charge on any atom is -0.459 e. The summed E-state index contributed by atoms with van der Waals surface area (Å²) >= 11 is 0. The van der Waals surface area contributed by atoms with Gasteiger partial charge >= 0.3 is 5.97 Å². The summed E-state index contributed by atoms with van der Waals surface area (Å²) in [5, 5.41) is 3.22. The molecule has 0 aromatic rings. The quantitative estimate of drug-likeness (QED) is 0.653. The van der Waals surface area contributed by atoms with Crippen molar-refractivity contribution in [1.29, 1.82) is 0 Å². The number of esters is 1. The number of carbonyl (C=O) groups excluding carboxylic acids is 1. The molecule has 1 heterocycles. The van der Waals surface area contributed by atoms with Gasteiger partial charge < -0.3 is 10.1 Å². The standard InChI is InChI=1S/C11H21NO2/c1-8-5-6-9(12-7-8)10(13)14-11(2,3)4/h8-9,12H,5-7H2,1-4H3/t8-,9-/m0/s1. The number of hydrogen-bond acceptors (Lipinski definition) is 3. The van der Waals surface area contributed by atoms with Crippen LogP contribution in [0.1, 0.15) is 40.5 Å². The van der Waals surface area contributed by atoms with Crippen LogP contribution in [0.5, 0.6) is 0 Å². The molecule has 0 aromatic carbocycles. The predicted octanol–water partition coefficient (Wildman–Crippen LogP) is 1.72. The monoisotopic (exact) mass is 199 g/mol. The van der Waals surface area contributed by atoms with E-state index in [0.29, 0.717) is 5.92 Å². The molecule has 0 saturated carbocycles. The summed E-state index contributed by atoms with van der Waals surface area (Å²) in [6.07, 6.45) is 2.01. The highest BCUT2D eigenvalue weighted by Crippen LogP contribution is 2.16. The molecule has 14 heavy (non-hydrogen) atoms. The van der Waals surface area contributed by atoms with Gasteiger partial charge in [-0.2, -0.15) is 0 Å². The molecule has 0 bridgehead atoms. The lowest BCUT2D eigenvalue weighted by Gasteiger charge is -2.29. The molecule has 2 atom stereocenters. The molecule has 1 rings (SSSR count). The van der Waals surface area contributed by atoms with Gasteiger partial charge in [0, 0.05) is 0 Å². The number of carbonyl (C=O) groups is 1. The Morgan fingerprint density at radius 2 is 2.00 bits per heavy atom. The largest absolute Gasteiger partial charge is 0.459 e. The van der Waals surface area contributed by atoms with Crippen LogP contribution in [0.15, 0.2) is 0 Å². The minimum atomic E-state index is -0.373. The molecule has 1 N–H and O–H groups in total. The lowest BCUT2D eigenvalue weighted by Crippen LogP contribution is -2.46. The van der Waals surface area contributed by atoms with Gasteiger partial charge in [-0.05, 0) is 46.1 Å². The average molecular weight is 199 g/mol. The second kappa shape index (κ2) is 4.30. The molecule has 3 heteroatoms. The third-order valence-electron chi connectivity index (χ3n) is 2.35. The molecule has 0 aliphatic carbocycles.